The van der Waals surface area contributed by atoms with Crippen LogP contribution in [0, 0.1) is 0 Å². The fourth-order valence-corrected chi connectivity index (χ4v) is 3.49. The Morgan fingerprint density at radius 1 is 1.00 bits per heavy atom. The van der Waals surface area contributed by atoms with E-state index >= 15 is 0 Å². The first-order valence-electron chi connectivity index (χ1n) is 9.51. The third kappa shape index (κ3) is 5.98. The first kappa shape index (κ1) is 22.3. The van der Waals surface area contributed by atoms with Gasteiger partial charge >= 0.3 is 0 Å². The standard InChI is InChI=1S/C22H26Cl2N2O2/c1-3-13-25-22(28)20(14-16-9-6-5-7-10-16)26(21(27)4-2)15-17-18(23)11-8-12-19(17)24/h5-12,20H,3-4,13-15H2,1-2H3,(H,25,28)/t20-/m0/s1. The van der Waals surface area contributed by atoms with Crippen LogP contribution in [-0.2, 0) is 22.6 Å². The Morgan fingerprint density at radius 3 is 2.21 bits per heavy atom. The fraction of sp³-hybridized carbons (Fsp3) is 0.364. The molecule has 0 bridgehead atoms. The highest BCUT2D eigenvalue weighted by Gasteiger charge is 2.30. The highest BCUT2D eigenvalue weighted by molar-refractivity contribution is 6.36. The van der Waals surface area contributed by atoms with Gasteiger partial charge in [0.15, 0.2) is 0 Å². The minimum absolute atomic E-state index is 0.122. The van der Waals surface area contributed by atoms with Gasteiger partial charge in [-0.15, -0.1) is 0 Å². The summed E-state index contributed by atoms with van der Waals surface area (Å²) in [6, 6.07) is 14.3. The van der Waals surface area contributed by atoms with E-state index in [4.69, 9.17) is 23.2 Å². The fourth-order valence-electron chi connectivity index (χ4n) is 2.98. The molecule has 150 valence electrons. The van der Waals surface area contributed by atoms with Crippen molar-refractivity contribution in [3.05, 3.63) is 69.7 Å². The Labute approximate surface area is 176 Å². The van der Waals surface area contributed by atoms with Gasteiger partial charge in [0.25, 0.3) is 0 Å². The van der Waals surface area contributed by atoms with Crippen LogP contribution in [0.15, 0.2) is 48.5 Å². The monoisotopic (exact) mass is 420 g/mol. The van der Waals surface area contributed by atoms with Crippen LogP contribution in [0.5, 0.6) is 0 Å². The van der Waals surface area contributed by atoms with Gasteiger partial charge in [-0.2, -0.15) is 0 Å². The maximum absolute atomic E-state index is 13.0. The molecule has 0 saturated heterocycles. The van der Waals surface area contributed by atoms with Crippen molar-refractivity contribution in [3.63, 3.8) is 0 Å². The summed E-state index contributed by atoms with van der Waals surface area (Å²) in [6.07, 6.45) is 1.53. The summed E-state index contributed by atoms with van der Waals surface area (Å²) in [7, 11) is 0. The molecule has 0 aromatic heterocycles. The second kappa shape index (κ2) is 11.1. The van der Waals surface area contributed by atoms with Gasteiger partial charge in [-0.1, -0.05) is 73.4 Å². The highest BCUT2D eigenvalue weighted by atomic mass is 35.5. The number of rotatable bonds is 9. The van der Waals surface area contributed by atoms with E-state index in [1.165, 1.54) is 0 Å². The van der Waals surface area contributed by atoms with Crippen LogP contribution in [0.25, 0.3) is 0 Å². The van der Waals surface area contributed by atoms with E-state index < -0.39 is 6.04 Å². The Hall–Kier alpha value is -2.04. The van der Waals surface area contributed by atoms with Gasteiger partial charge < -0.3 is 10.2 Å². The maximum atomic E-state index is 13.0. The van der Waals surface area contributed by atoms with Gasteiger partial charge in [-0.3, -0.25) is 9.59 Å². The summed E-state index contributed by atoms with van der Waals surface area (Å²) in [5.74, 6) is -0.292. The second-order valence-corrected chi connectivity index (χ2v) is 7.39. The molecule has 0 unspecified atom stereocenters. The number of amides is 2. The van der Waals surface area contributed by atoms with Crippen molar-refractivity contribution in [1.29, 1.82) is 0 Å². The summed E-state index contributed by atoms with van der Waals surface area (Å²) in [4.78, 5) is 27.4. The lowest BCUT2D eigenvalue weighted by molar-refractivity contribution is -0.141. The van der Waals surface area contributed by atoms with E-state index in [1.807, 2.05) is 37.3 Å². The predicted molar refractivity (Wildman–Crippen MR) is 115 cm³/mol. The topological polar surface area (TPSA) is 49.4 Å². The molecular weight excluding hydrogens is 395 g/mol. The summed E-state index contributed by atoms with van der Waals surface area (Å²) in [5.41, 5.74) is 1.63. The molecule has 2 amide bonds. The summed E-state index contributed by atoms with van der Waals surface area (Å²) < 4.78 is 0. The zero-order chi connectivity index (χ0) is 20.5. The van der Waals surface area contributed by atoms with Crippen molar-refractivity contribution in [3.8, 4) is 0 Å². The van der Waals surface area contributed by atoms with Crippen molar-refractivity contribution < 1.29 is 9.59 Å². The highest BCUT2D eigenvalue weighted by Crippen LogP contribution is 2.27. The van der Waals surface area contributed by atoms with Crippen LogP contribution >= 0.6 is 23.2 Å². The first-order chi connectivity index (χ1) is 13.5. The van der Waals surface area contributed by atoms with Gasteiger partial charge in [-0.05, 0) is 24.1 Å². The quantitative estimate of drug-likeness (QED) is 0.628. The van der Waals surface area contributed by atoms with Crippen LogP contribution in [0.4, 0.5) is 0 Å². The number of nitrogens with one attached hydrogen (secondary N) is 1. The average Bonchev–Trinajstić information content (AvgIpc) is 2.70. The molecule has 2 rings (SSSR count). The van der Waals surface area contributed by atoms with E-state index in [0.29, 0.717) is 28.6 Å². The zero-order valence-corrected chi connectivity index (χ0v) is 17.8. The Kier molecular flexibility index (Phi) is 8.81. The van der Waals surface area contributed by atoms with Crippen molar-refractivity contribution in [1.82, 2.24) is 10.2 Å². The largest absolute Gasteiger partial charge is 0.354 e. The molecule has 4 nitrogen and oxygen atoms in total. The van der Waals surface area contributed by atoms with Gasteiger partial charge in [0.2, 0.25) is 11.8 Å². The molecule has 1 atom stereocenters. The number of benzene rings is 2. The maximum Gasteiger partial charge on any atom is 0.243 e. The van der Waals surface area contributed by atoms with Crippen molar-refractivity contribution in [2.24, 2.45) is 0 Å². The van der Waals surface area contributed by atoms with Gasteiger partial charge in [0.05, 0.1) is 0 Å². The lowest BCUT2D eigenvalue weighted by Crippen LogP contribution is -2.50. The summed E-state index contributed by atoms with van der Waals surface area (Å²) in [6.45, 7) is 4.52. The zero-order valence-electron chi connectivity index (χ0n) is 16.3. The van der Waals surface area contributed by atoms with Crippen LogP contribution in [-0.4, -0.2) is 29.3 Å². The molecule has 0 saturated carbocycles. The molecule has 0 heterocycles. The molecule has 0 radical (unpaired) electrons. The van der Waals surface area contributed by atoms with Crippen molar-refractivity contribution >= 4 is 35.0 Å². The predicted octanol–water partition coefficient (Wildman–Crippen LogP) is 4.87. The molecule has 0 spiro atoms. The van der Waals surface area contributed by atoms with E-state index in [2.05, 4.69) is 5.32 Å². The van der Waals surface area contributed by atoms with E-state index in [1.54, 1.807) is 30.0 Å². The van der Waals surface area contributed by atoms with Crippen molar-refractivity contribution in [2.45, 2.75) is 45.7 Å². The third-order valence-electron chi connectivity index (χ3n) is 4.51. The van der Waals surface area contributed by atoms with Crippen LogP contribution < -0.4 is 5.32 Å². The smallest absolute Gasteiger partial charge is 0.243 e. The minimum Gasteiger partial charge on any atom is -0.354 e. The molecule has 0 aliphatic heterocycles. The number of hydrogen-bond donors (Lipinski definition) is 1. The Bertz CT molecular complexity index is 776. The first-order valence-corrected chi connectivity index (χ1v) is 10.3. The minimum atomic E-state index is -0.645. The lowest BCUT2D eigenvalue weighted by atomic mass is 10.0. The molecule has 6 heteroatoms. The van der Waals surface area contributed by atoms with Gasteiger partial charge in [-0.25, -0.2) is 0 Å². The average molecular weight is 421 g/mol. The number of nitrogens with zero attached hydrogens (tertiary/aromatic N) is 1. The molecule has 0 aliphatic rings. The van der Waals surface area contributed by atoms with Crippen LogP contribution in [0.3, 0.4) is 0 Å². The number of carbonyl (C=O) groups excluding carboxylic acids is 2. The molecule has 2 aromatic carbocycles. The van der Waals surface area contributed by atoms with E-state index in [-0.39, 0.29) is 24.8 Å². The third-order valence-corrected chi connectivity index (χ3v) is 5.22. The van der Waals surface area contributed by atoms with E-state index in [9.17, 15) is 9.59 Å². The summed E-state index contributed by atoms with van der Waals surface area (Å²) >= 11 is 12.7. The SMILES string of the molecule is CCCNC(=O)[C@H](Cc1ccccc1)N(Cc1c(Cl)cccc1Cl)C(=O)CC. The Morgan fingerprint density at radius 2 is 1.64 bits per heavy atom. The molecule has 28 heavy (non-hydrogen) atoms. The number of hydrogen-bond acceptors (Lipinski definition) is 2. The molecular formula is C22H26Cl2N2O2. The molecule has 1 N–H and O–H groups in total. The van der Waals surface area contributed by atoms with Crippen LogP contribution in [0.2, 0.25) is 10.0 Å². The number of carbonyl (C=O) groups is 2. The van der Waals surface area contributed by atoms with Gasteiger partial charge in [0, 0.05) is 41.5 Å². The van der Waals surface area contributed by atoms with Crippen LogP contribution in [0.1, 0.15) is 37.8 Å². The number of halogens is 2. The summed E-state index contributed by atoms with van der Waals surface area (Å²) in [5, 5.41) is 3.89. The van der Waals surface area contributed by atoms with Gasteiger partial charge in [0.1, 0.15) is 6.04 Å². The lowest BCUT2D eigenvalue weighted by Gasteiger charge is -2.31. The molecule has 0 aliphatic carbocycles. The van der Waals surface area contributed by atoms with Crippen molar-refractivity contribution in [2.75, 3.05) is 6.54 Å². The Balaban J connectivity index is 2.39. The molecule has 0 fully saturated rings. The van der Waals surface area contributed by atoms with E-state index in [0.717, 1.165) is 12.0 Å². The second-order valence-electron chi connectivity index (χ2n) is 6.57. The normalized spacial score (nSPS) is 11.7. The molecule has 2 aromatic rings.